The molecule has 5 nitrogen and oxygen atoms in total. The van der Waals surface area contributed by atoms with Gasteiger partial charge in [-0.1, -0.05) is 53.1 Å². The van der Waals surface area contributed by atoms with Gasteiger partial charge in [-0.15, -0.1) is 4.31 Å². The Morgan fingerprint density at radius 1 is 1.21 bits per heavy atom. The Bertz CT molecular complexity index is 1040. The van der Waals surface area contributed by atoms with Gasteiger partial charge in [-0.3, -0.25) is 0 Å². The monoisotopic (exact) mass is 433 g/mol. The van der Waals surface area contributed by atoms with Crippen LogP contribution in [-0.2, 0) is 27.6 Å². The highest BCUT2D eigenvalue weighted by molar-refractivity contribution is 7.97. The second-order valence-corrected chi connectivity index (χ2v) is 10.6. The average Bonchev–Trinajstić information content (AvgIpc) is 3.23. The smallest absolute Gasteiger partial charge is 0.229 e. The summed E-state index contributed by atoms with van der Waals surface area (Å²) in [6.45, 7) is 4.81. The molecule has 0 radical (unpaired) electrons. The standard InChI is InChI=1S/C20H20ClN3O2S2/c1-13(2)20-22-17-9-10-24(28(25,26)18-4-3-11-27-18)12-16(17)19(23-20)14-5-7-15(21)8-6-14/h3-8,11,13H,9-10,12H2,1-2H3. The Morgan fingerprint density at radius 3 is 2.61 bits per heavy atom. The number of hydrogen-bond donors (Lipinski definition) is 0. The van der Waals surface area contributed by atoms with Crippen LogP contribution in [0, 0.1) is 0 Å². The average molecular weight is 434 g/mol. The van der Waals surface area contributed by atoms with E-state index in [-0.39, 0.29) is 12.5 Å². The minimum absolute atomic E-state index is 0.184. The van der Waals surface area contributed by atoms with E-state index < -0.39 is 10.4 Å². The maximum atomic E-state index is 13.0. The third-order valence-electron chi connectivity index (χ3n) is 4.77. The molecule has 3 aromatic rings. The van der Waals surface area contributed by atoms with Crippen LogP contribution in [0.1, 0.15) is 36.8 Å². The minimum Gasteiger partial charge on any atom is -0.592 e. The van der Waals surface area contributed by atoms with Crippen LogP contribution in [0.4, 0.5) is 0 Å². The van der Waals surface area contributed by atoms with Crippen molar-refractivity contribution in [1.29, 1.82) is 0 Å². The summed E-state index contributed by atoms with van der Waals surface area (Å²) in [5, 5.41) is 2.43. The number of benzene rings is 1. The molecule has 0 bridgehead atoms. The van der Waals surface area contributed by atoms with Crippen molar-refractivity contribution in [3.8, 4) is 11.3 Å². The van der Waals surface area contributed by atoms with Gasteiger partial charge in [0, 0.05) is 34.6 Å². The van der Waals surface area contributed by atoms with Gasteiger partial charge in [-0.25, -0.2) is 9.97 Å². The molecular formula is C20H20ClN3O2S2. The second kappa shape index (κ2) is 7.65. The van der Waals surface area contributed by atoms with Gasteiger partial charge < -0.3 is 4.55 Å². The Morgan fingerprint density at radius 2 is 1.96 bits per heavy atom. The molecule has 0 saturated carbocycles. The lowest BCUT2D eigenvalue weighted by Crippen LogP contribution is -2.40. The topological polar surface area (TPSA) is 69.2 Å². The lowest BCUT2D eigenvalue weighted by molar-refractivity contribution is 0.338. The van der Waals surface area contributed by atoms with E-state index in [1.807, 2.05) is 24.3 Å². The Labute approximate surface area is 174 Å². The molecule has 3 heterocycles. The normalized spacial score (nSPS) is 16.8. The van der Waals surface area contributed by atoms with Gasteiger partial charge in [0.15, 0.2) is 10.4 Å². The van der Waals surface area contributed by atoms with Crippen LogP contribution in [0.3, 0.4) is 0 Å². The van der Waals surface area contributed by atoms with Gasteiger partial charge in [-0.2, -0.15) is 0 Å². The molecule has 1 aliphatic rings. The number of nitrogens with zero attached hydrogens (tertiary/aromatic N) is 3. The third kappa shape index (κ3) is 3.65. The first-order valence-corrected chi connectivity index (χ1v) is 11.8. The number of rotatable bonds is 4. The van der Waals surface area contributed by atoms with Crippen LogP contribution in [0.2, 0.25) is 5.02 Å². The van der Waals surface area contributed by atoms with Crippen molar-refractivity contribution < 1.29 is 8.76 Å². The van der Waals surface area contributed by atoms with E-state index in [1.54, 1.807) is 17.5 Å². The first-order valence-electron chi connectivity index (χ1n) is 9.05. The summed E-state index contributed by atoms with van der Waals surface area (Å²) < 4.78 is 27.9. The van der Waals surface area contributed by atoms with Crippen LogP contribution >= 0.6 is 22.9 Å². The number of halogens is 1. The quantitative estimate of drug-likeness (QED) is 0.546. The van der Waals surface area contributed by atoms with Crippen LogP contribution in [0.15, 0.2) is 46.0 Å². The zero-order valence-corrected chi connectivity index (χ0v) is 18.0. The highest BCUT2D eigenvalue weighted by Gasteiger charge is 2.36. The van der Waals surface area contributed by atoms with Crippen molar-refractivity contribution in [3.63, 3.8) is 0 Å². The van der Waals surface area contributed by atoms with E-state index in [9.17, 15) is 8.76 Å². The van der Waals surface area contributed by atoms with E-state index in [0.717, 1.165) is 28.3 Å². The zero-order valence-electron chi connectivity index (χ0n) is 15.6. The van der Waals surface area contributed by atoms with Gasteiger partial charge in [0.2, 0.25) is 4.21 Å². The molecule has 1 aromatic carbocycles. The molecule has 0 amide bonds. The van der Waals surface area contributed by atoms with Crippen molar-refractivity contribution in [2.75, 3.05) is 6.54 Å². The fraction of sp³-hybridized carbons (Fsp3) is 0.300. The first kappa shape index (κ1) is 19.7. The van der Waals surface area contributed by atoms with Gasteiger partial charge in [-0.05, 0) is 23.6 Å². The van der Waals surface area contributed by atoms with Gasteiger partial charge in [0.25, 0.3) is 0 Å². The predicted octanol–water partition coefficient (Wildman–Crippen LogP) is 4.94. The number of fused-ring (bicyclic) bond motifs is 1. The molecule has 4 rings (SSSR count). The molecule has 0 N–H and O–H groups in total. The number of hydrogen-bond acceptors (Lipinski definition) is 5. The summed E-state index contributed by atoms with van der Waals surface area (Å²) in [5.74, 6) is 0.961. The van der Waals surface area contributed by atoms with E-state index in [0.29, 0.717) is 22.2 Å². The van der Waals surface area contributed by atoms with Gasteiger partial charge >= 0.3 is 0 Å². The van der Waals surface area contributed by atoms with Crippen molar-refractivity contribution in [1.82, 2.24) is 14.3 Å². The summed E-state index contributed by atoms with van der Waals surface area (Å²) in [5.41, 5.74) is 3.51. The Kier molecular flexibility index (Phi) is 5.37. The maximum absolute atomic E-state index is 13.0. The first-order chi connectivity index (χ1) is 13.4. The number of sulfonamides is 1. The van der Waals surface area contributed by atoms with E-state index in [2.05, 4.69) is 13.8 Å². The largest absolute Gasteiger partial charge is 0.592 e. The Balaban J connectivity index is 1.80. The molecule has 0 aliphatic carbocycles. The summed E-state index contributed by atoms with van der Waals surface area (Å²) in [4.78, 5) is 9.53. The fourth-order valence-electron chi connectivity index (χ4n) is 3.26. The van der Waals surface area contributed by atoms with Crippen molar-refractivity contribution in [2.24, 2.45) is 0 Å². The lowest BCUT2D eigenvalue weighted by atomic mass is 9.99. The van der Waals surface area contributed by atoms with Crippen molar-refractivity contribution in [3.05, 3.63) is 63.9 Å². The van der Waals surface area contributed by atoms with Crippen LogP contribution in [0.25, 0.3) is 11.3 Å². The molecule has 146 valence electrons. The van der Waals surface area contributed by atoms with Gasteiger partial charge in [0.1, 0.15) is 5.82 Å². The van der Waals surface area contributed by atoms with Crippen LogP contribution in [-0.4, -0.2) is 25.4 Å². The second-order valence-electron chi connectivity index (χ2n) is 7.04. The molecule has 1 aliphatic heterocycles. The molecule has 1 atom stereocenters. The number of aromatic nitrogens is 2. The van der Waals surface area contributed by atoms with Crippen molar-refractivity contribution in [2.45, 2.75) is 36.9 Å². The zero-order chi connectivity index (χ0) is 19.9. The van der Waals surface area contributed by atoms with Gasteiger partial charge in [0.05, 0.1) is 24.5 Å². The number of thiophene rings is 1. The third-order valence-corrected chi connectivity index (χ3v) is 8.24. The van der Waals surface area contributed by atoms with E-state index >= 15 is 0 Å². The SMILES string of the molecule is CC(C)c1nc2c(c(-c3ccc(Cl)cc3)n1)CN([S+](=O)([O-])c1cccs1)CC2. The fourth-order valence-corrected chi connectivity index (χ4v) is 5.94. The molecule has 0 spiro atoms. The van der Waals surface area contributed by atoms with Crippen molar-refractivity contribution >= 4 is 33.3 Å². The highest BCUT2D eigenvalue weighted by atomic mass is 35.5. The summed E-state index contributed by atoms with van der Waals surface area (Å²) in [7, 11) is -3.52. The molecule has 0 fully saturated rings. The van der Waals surface area contributed by atoms with E-state index in [4.69, 9.17) is 21.6 Å². The minimum atomic E-state index is -3.52. The summed E-state index contributed by atoms with van der Waals surface area (Å²) in [6, 6.07) is 10.9. The Hall–Kier alpha value is -1.64. The molecule has 28 heavy (non-hydrogen) atoms. The molecule has 1 unspecified atom stereocenters. The molecule has 8 heteroatoms. The highest BCUT2D eigenvalue weighted by Crippen LogP contribution is 2.34. The van der Waals surface area contributed by atoms with Crippen LogP contribution in [0.5, 0.6) is 0 Å². The van der Waals surface area contributed by atoms with Crippen LogP contribution < -0.4 is 0 Å². The molecular weight excluding hydrogens is 414 g/mol. The summed E-state index contributed by atoms with van der Waals surface area (Å²) in [6.07, 6.45) is 0.572. The maximum Gasteiger partial charge on any atom is 0.229 e. The molecule has 2 aromatic heterocycles. The molecule has 0 saturated heterocycles. The summed E-state index contributed by atoms with van der Waals surface area (Å²) >= 11 is 7.28. The van der Waals surface area contributed by atoms with E-state index in [1.165, 1.54) is 15.6 Å². The predicted molar refractivity (Wildman–Crippen MR) is 112 cm³/mol. The lowest BCUT2D eigenvalue weighted by Gasteiger charge is -2.31.